The van der Waals surface area contributed by atoms with E-state index in [1.54, 1.807) is 22.3 Å². The molecule has 0 aromatic heterocycles. The van der Waals surface area contributed by atoms with Crippen molar-refractivity contribution >= 4 is 0 Å². The molecule has 0 saturated heterocycles. The lowest BCUT2D eigenvalue weighted by molar-refractivity contribution is 0.408. The van der Waals surface area contributed by atoms with E-state index < -0.39 is 0 Å². The number of aryl methyl sites for hydroxylation is 12. The summed E-state index contributed by atoms with van der Waals surface area (Å²) in [5.74, 6) is 0. The molecule has 0 saturated carbocycles. The van der Waals surface area contributed by atoms with E-state index in [-0.39, 0.29) is 32.5 Å². The summed E-state index contributed by atoms with van der Waals surface area (Å²) in [5, 5.41) is 0. The van der Waals surface area contributed by atoms with Crippen molar-refractivity contribution in [1.29, 1.82) is 0 Å². The number of rotatable bonds is 42. The zero-order valence-electron chi connectivity index (χ0n) is 92.2. The van der Waals surface area contributed by atoms with Crippen LogP contribution >= 0.6 is 0 Å². The predicted octanol–water partition coefficient (Wildman–Crippen LogP) is 42.0. The van der Waals surface area contributed by atoms with Gasteiger partial charge < -0.3 is 0 Å². The van der Waals surface area contributed by atoms with E-state index in [0.717, 1.165) is 103 Å². The van der Waals surface area contributed by atoms with Gasteiger partial charge in [0.2, 0.25) is 0 Å². The minimum Gasteiger partial charge on any atom is -0.103 e. The van der Waals surface area contributed by atoms with E-state index in [1.807, 2.05) is 36.5 Å². The minimum absolute atomic E-state index is 0.00616. The first-order valence-electron chi connectivity index (χ1n) is 55.1. The summed E-state index contributed by atoms with van der Waals surface area (Å²) >= 11 is 0. The summed E-state index contributed by atoms with van der Waals surface area (Å²) < 4.78 is 0. The summed E-state index contributed by atoms with van der Waals surface area (Å²) in [6, 6.07) is 83.5. The molecule has 760 valence electrons. The second kappa shape index (κ2) is 51.9. The van der Waals surface area contributed by atoms with Crippen LogP contribution in [0.2, 0.25) is 0 Å². The molecule has 148 heavy (non-hydrogen) atoms. The van der Waals surface area contributed by atoms with Crippen LogP contribution in [0.15, 0.2) is 419 Å². The quantitative estimate of drug-likeness (QED) is 0.0203. The van der Waals surface area contributed by atoms with Gasteiger partial charge in [0, 0.05) is 32.5 Å². The number of fused-ring (bicyclic) bond motifs is 18. The first-order chi connectivity index (χ1) is 71.7. The molecule has 0 heteroatoms. The number of hydrogen-bond acceptors (Lipinski definition) is 0. The lowest BCUT2D eigenvalue weighted by Gasteiger charge is -2.33. The van der Waals surface area contributed by atoms with Crippen LogP contribution in [0, 0.1) is 83.1 Å². The Morgan fingerprint density at radius 3 is 0.507 bits per heavy atom. The summed E-state index contributed by atoms with van der Waals surface area (Å²) in [6.45, 7) is 73.2. The van der Waals surface area contributed by atoms with Crippen LogP contribution in [-0.2, 0) is 32.5 Å². The van der Waals surface area contributed by atoms with Crippen molar-refractivity contribution in [3.05, 3.63) is 552 Å². The number of allylic oxidation sites excluding steroid dienone is 20. The molecular formula is C148H168. The van der Waals surface area contributed by atoms with Crippen molar-refractivity contribution in [1.82, 2.24) is 0 Å². The highest BCUT2D eigenvalue weighted by Crippen LogP contribution is 2.62. The summed E-state index contributed by atoms with van der Waals surface area (Å²) in [5.41, 5.74) is 51.5. The van der Waals surface area contributed by atoms with Crippen molar-refractivity contribution in [3.8, 4) is 66.8 Å². The van der Waals surface area contributed by atoms with Gasteiger partial charge in [-0.15, -0.1) is 52.6 Å². The molecule has 0 amide bonds. The first kappa shape index (κ1) is 112. The van der Waals surface area contributed by atoms with Crippen molar-refractivity contribution in [2.75, 3.05) is 0 Å². The topological polar surface area (TPSA) is 0 Å². The van der Waals surface area contributed by atoms with Crippen LogP contribution in [0.3, 0.4) is 0 Å². The summed E-state index contributed by atoms with van der Waals surface area (Å²) in [6.07, 6.45) is 70.3. The smallest absolute Gasteiger partial charge is 0.0284 e. The Morgan fingerprint density at radius 1 is 0.155 bits per heavy atom. The Hall–Kier alpha value is -13.5. The molecule has 6 aliphatic carbocycles. The lowest BCUT2D eigenvalue weighted by atomic mass is 9.70. The van der Waals surface area contributed by atoms with Crippen LogP contribution in [-0.4, -0.2) is 0 Å². The van der Waals surface area contributed by atoms with Crippen LogP contribution < -0.4 is 0 Å². The Balaban J connectivity index is 0.000000149. The molecule has 0 atom stereocenters. The molecule has 0 unspecified atom stereocenters. The maximum absolute atomic E-state index is 4.01. The van der Waals surface area contributed by atoms with Gasteiger partial charge in [0.1, 0.15) is 0 Å². The van der Waals surface area contributed by atoms with Gasteiger partial charge in [-0.05, 0) is 371 Å². The van der Waals surface area contributed by atoms with Gasteiger partial charge in [-0.2, -0.15) is 0 Å². The van der Waals surface area contributed by atoms with Crippen molar-refractivity contribution in [2.24, 2.45) is 0 Å². The molecule has 0 aliphatic heterocycles. The van der Waals surface area contributed by atoms with Crippen molar-refractivity contribution in [2.45, 2.75) is 283 Å². The average Bonchev–Trinajstić information content (AvgIpc) is 1.60. The van der Waals surface area contributed by atoms with Crippen LogP contribution in [0.1, 0.15) is 300 Å². The zero-order valence-corrected chi connectivity index (χ0v) is 92.2. The van der Waals surface area contributed by atoms with Gasteiger partial charge in [0.25, 0.3) is 0 Å². The SMILES string of the molecule is C=C/C=C/CC1(C/C=C/C=C)c2cc(C)ccc2-c2ccc(C)cc21.C=C/C=C/CCC1(CC/C=C/C=C)c2cc(C)ccc2-c2ccc(C)cc21.C=CCC1(CC=C)c2cc(C)ccc2-c2ccc(C)cc21.C=CCCC1(CCC=C)c2cc(C)ccc2-c2ccc(C)cc21.C=CCCCC1(CCCC=C)c2cc(C)ccc2-c2ccc(C)cc21.C=CCCCCC1(CCCCC=C)c2cc(C)ccc2-c2ccc(C)cc21. The molecule has 12 aromatic rings. The molecule has 0 fully saturated rings. The van der Waals surface area contributed by atoms with E-state index in [9.17, 15) is 0 Å². The van der Waals surface area contributed by atoms with Gasteiger partial charge in [-0.3, -0.25) is 0 Å². The third-order valence-corrected chi connectivity index (χ3v) is 32.6. The fourth-order valence-corrected chi connectivity index (χ4v) is 25.5. The fraction of sp³-hybridized carbons (Fsp3) is 0.297. The van der Waals surface area contributed by atoms with Crippen LogP contribution in [0.5, 0.6) is 0 Å². The van der Waals surface area contributed by atoms with Crippen LogP contribution in [0.4, 0.5) is 0 Å². The highest BCUT2D eigenvalue weighted by atomic mass is 14.5. The summed E-state index contributed by atoms with van der Waals surface area (Å²) in [4.78, 5) is 0. The van der Waals surface area contributed by atoms with Gasteiger partial charge in [-0.25, -0.2) is 0 Å². The monoisotopic (exact) mass is 1950 g/mol. The number of benzene rings is 12. The largest absolute Gasteiger partial charge is 0.103 e. The second-order valence-electron chi connectivity index (χ2n) is 43.3. The molecule has 18 rings (SSSR count). The molecule has 0 spiro atoms. The molecule has 12 aromatic carbocycles. The van der Waals surface area contributed by atoms with E-state index in [2.05, 4.69) is 465 Å². The fourth-order valence-electron chi connectivity index (χ4n) is 25.5. The van der Waals surface area contributed by atoms with Gasteiger partial charge in [0.15, 0.2) is 0 Å². The third-order valence-electron chi connectivity index (χ3n) is 32.6. The Bertz CT molecular complexity index is 6540. The van der Waals surface area contributed by atoms with Gasteiger partial charge in [0.05, 0.1) is 0 Å². The molecule has 0 nitrogen and oxygen atoms in total. The first-order valence-corrected chi connectivity index (χ1v) is 55.1. The van der Waals surface area contributed by atoms with Crippen LogP contribution in [0.25, 0.3) is 66.8 Å². The van der Waals surface area contributed by atoms with E-state index in [4.69, 9.17) is 0 Å². The molecule has 0 bridgehead atoms. The Labute approximate surface area is 895 Å². The van der Waals surface area contributed by atoms with Crippen molar-refractivity contribution in [3.63, 3.8) is 0 Å². The highest BCUT2D eigenvalue weighted by Gasteiger charge is 2.49. The maximum atomic E-state index is 4.01. The third kappa shape index (κ3) is 24.1. The Kier molecular flexibility index (Phi) is 39.2. The summed E-state index contributed by atoms with van der Waals surface area (Å²) in [7, 11) is 0. The molecule has 0 radical (unpaired) electrons. The molecular weight excluding hydrogens is 1780 g/mol. The Morgan fingerprint density at radius 2 is 0.318 bits per heavy atom. The molecule has 6 aliphatic rings. The maximum Gasteiger partial charge on any atom is 0.0284 e. The average molecular weight is 1950 g/mol. The predicted molar refractivity (Wildman–Crippen MR) is 652 cm³/mol. The second-order valence-corrected chi connectivity index (χ2v) is 43.3. The van der Waals surface area contributed by atoms with E-state index in [0.29, 0.717) is 0 Å². The molecule has 0 heterocycles. The van der Waals surface area contributed by atoms with Crippen molar-refractivity contribution < 1.29 is 0 Å². The standard InChI is InChI=1S/C27H34.C27H30.C25H30.C25H26.C23H26.C21H22/c2*1-5-7-9-11-17-27(18-12-10-8-6-2)25-19-21(3)13-15-23(25)24-16-14-22(4)20-26(24)27;2*1-5-7-9-15-25(16-10-8-6-2)23-17-19(3)11-13-21(23)22-14-12-20(4)18-24(22)25;1-5-7-13-23(14-8-6-2)21-15-17(3)9-11-19(21)20-12-10-18(4)16-22(20)23;1-5-11-21(12-6-2)19-13-15(3)7-9-17(19)18-10-8-16(4)14-20(18)21/h5-6,13-16,19-20H,1-2,7-12,17-18H2,3-4H3;5-10,13-16,19-20H,1-2,11-12,17-18H2,3-4H3;5-6,11-14,17-18H,1-2,7-10,15-16H2,3-4H3;5-14,17-18H,1-2,15-16H2,3-4H3;5-6,9-12,15-16H,1-2,7-8,13-14H2,3-4H3;5-10,13-14H,1-2,11-12H2,3-4H3/b;9-7+,10-8+;;9-7+,10-8+;;. The van der Waals surface area contributed by atoms with Gasteiger partial charge >= 0.3 is 0 Å². The number of unbranched alkanes of at least 4 members (excludes halogenated alkanes) is 6. The molecule has 0 N–H and O–H groups in total. The lowest BCUT2D eigenvalue weighted by Crippen LogP contribution is -2.25. The zero-order chi connectivity index (χ0) is 106. The van der Waals surface area contributed by atoms with E-state index >= 15 is 0 Å². The highest BCUT2D eigenvalue weighted by molar-refractivity contribution is 5.88. The minimum atomic E-state index is -0.0261. The number of hydrogen-bond donors (Lipinski definition) is 0. The normalized spacial score (nSPS) is 14.2. The van der Waals surface area contributed by atoms with E-state index in [1.165, 1.54) is 242 Å². The van der Waals surface area contributed by atoms with Gasteiger partial charge in [-0.1, -0.05) is 446 Å².